The summed E-state index contributed by atoms with van der Waals surface area (Å²) in [5.74, 6) is -0.383. The molecule has 5 aromatic rings. The zero-order valence-corrected chi connectivity index (χ0v) is 24.2. The lowest BCUT2D eigenvalue weighted by molar-refractivity contribution is 0.0562. The van der Waals surface area contributed by atoms with Gasteiger partial charge in [0, 0.05) is 47.1 Å². The second-order valence-corrected chi connectivity index (χ2v) is 13.2. The summed E-state index contributed by atoms with van der Waals surface area (Å²) in [6.45, 7) is -0.258. The minimum atomic E-state index is -3.76. The number of amides is 1. The summed E-state index contributed by atoms with van der Waals surface area (Å²) >= 11 is 0. The smallest absolute Gasteiger partial charge is 0.272 e. The number of benzene rings is 1. The molecule has 2 aliphatic heterocycles. The van der Waals surface area contributed by atoms with Crippen LogP contribution in [-0.4, -0.2) is 72.5 Å². The summed E-state index contributed by atoms with van der Waals surface area (Å²) in [6.07, 6.45) is 7.22. The molecule has 0 saturated carbocycles. The Morgan fingerprint density at radius 1 is 1.07 bits per heavy atom. The number of hydrogen-bond donors (Lipinski definition) is 3. The average Bonchev–Trinajstić information content (AvgIpc) is 3.73. The van der Waals surface area contributed by atoms with Gasteiger partial charge in [-0.05, 0) is 37.8 Å². The van der Waals surface area contributed by atoms with Gasteiger partial charge in [0.2, 0.25) is 0 Å². The minimum absolute atomic E-state index is 0.0162. The van der Waals surface area contributed by atoms with Crippen LogP contribution in [0.4, 0.5) is 5.82 Å². The predicted octanol–water partition coefficient (Wildman–Crippen LogP) is 3.21. The highest BCUT2D eigenvalue weighted by atomic mass is 32.2. The molecule has 6 heterocycles. The van der Waals surface area contributed by atoms with Crippen LogP contribution in [0.25, 0.3) is 28.0 Å². The summed E-state index contributed by atoms with van der Waals surface area (Å²) in [7, 11) is -3.76. The molecule has 0 aliphatic carbocycles. The third kappa shape index (κ3) is 4.64. The van der Waals surface area contributed by atoms with Crippen LogP contribution in [-0.2, 0) is 16.4 Å². The Labute approximate surface area is 247 Å². The third-order valence-electron chi connectivity index (χ3n) is 8.56. The zero-order chi connectivity index (χ0) is 29.9. The number of nitrogens with two attached hydrogens (primary N) is 1. The van der Waals surface area contributed by atoms with Gasteiger partial charge in [-0.3, -0.25) is 14.9 Å². The predicted molar refractivity (Wildman–Crippen MR) is 159 cm³/mol. The lowest BCUT2D eigenvalue weighted by atomic mass is 9.87. The van der Waals surface area contributed by atoms with Gasteiger partial charge >= 0.3 is 0 Å². The van der Waals surface area contributed by atoms with Gasteiger partial charge in [-0.15, -0.1) is 0 Å². The number of nitrogens with one attached hydrogen (secondary N) is 1. The molecule has 4 N–H and O–H groups in total. The molecule has 4 aromatic heterocycles. The van der Waals surface area contributed by atoms with Crippen molar-refractivity contribution in [3.63, 3.8) is 0 Å². The van der Waals surface area contributed by atoms with Gasteiger partial charge < -0.3 is 15.7 Å². The maximum absolute atomic E-state index is 13.4. The van der Waals surface area contributed by atoms with E-state index in [-0.39, 0.29) is 41.2 Å². The van der Waals surface area contributed by atoms with Gasteiger partial charge in [0.1, 0.15) is 16.4 Å². The maximum atomic E-state index is 13.4. The first-order chi connectivity index (χ1) is 20.7. The SMILES string of the molecule is CS(=O)(=O)c1c([C@@H]2C[C@H]3CC[C@@H](C2)N3C(=O)c2cc(CO)n[nH]2)nc2c(-c3ccc(-c4ccccc4)nc3)cnn2c1N. The van der Waals surface area contributed by atoms with Gasteiger partial charge in [0.15, 0.2) is 15.5 Å². The molecule has 0 radical (unpaired) electrons. The van der Waals surface area contributed by atoms with Crippen LogP contribution in [0.1, 0.15) is 53.5 Å². The van der Waals surface area contributed by atoms with E-state index in [0.29, 0.717) is 41.1 Å². The Hall–Kier alpha value is -4.62. The maximum Gasteiger partial charge on any atom is 0.272 e. The second-order valence-electron chi connectivity index (χ2n) is 11.3. The van der Waals surface area contributed by atoms with E-state index in [9.17, 15) is 18.3 Å². The van der Waals surface area contributed by atoms with Crippen LogP contribution >= 0.6 is 0 Å². The molecule has 0 unspecified atom stereocenters. The molecule has 7 rings (SSSR count). The van der Waals surface area contributed by atoms with Crippen molar-refractivity contribution >= 4 is 27.2 Å². The number of sulfone groups is 1. The van der Waals surface area contributed by atoms with E-state index in [4.69, 9.17) is 10.7 Å². The summed E-state index contributed by atoms with van der Waals surface area (Å²) in [5.41, 5.74) is 11.4. The molecule has 1 aromatic carbocycles. The normalized spacial score (nSPS) is 20.1. The van der Waals surface area contributed by atoms with E-state index >= 15 is 0 Å². The molecule has 1 amide bonds. The van der Waals surface area contributed by atoms with Crippen molar-refractivity contribution in [2.24, 2.45) is 0 Å². The molecule has 13 heteroatoms. The van der Waals surface area contributed by atoms with E-state index in [0.717, 1.165) is 35.9 Å². The first kappa shape index (κ1) is 27.2. The van der Waals surface area contributed by atoms with Crippen LogP contribution in [0, 0.1) is 0 Å². The van der Waals surface area contributed by atoms with Crippen molar-refractivity contribution in [2.75, 3.05) is 12.0 Å². The van der Waals surface area contributed by atoms with Gasteiger partial charge in [-0.2, -0.15) is 14.7 Å². The van der Waals surface area contributed by atoms with Crippen LogP contribution in [0.5, 0.6) is 0 Å². The third-order valence-corrected chi connectivity index (χ3v) is 9.72. The van der Waals surface area contributed by atoms with E-state index in [1.54, 1.807) is 18.5 Å². The van der Waals surface area contributed by atoms with E-state index < -0.39 is 9.84 Å². The number of nitrogens with zero attached hydrogens (tertiary/aromatic N) is 6. The highest BCUT2D eigenvalue weighted by Gasteiger charge is 2.46. The first-order valence-corrected chi connectivity index (χ1v) is 16.0. The first-order valence-electron chi connectivity index (χ1n) is 14.1. The summed E-state index contributed by atoms with van der Waals surface area (Å²) in [4.78, 5) is 24.8. The number of carbonyl (C=O) groups is 1. The number of rotatable bonds is 6. The van der Waals surface area contributed by atoms with Crippen LogP contribution in [0.15, 0.2) is 65.8 Å². The van der Waals surface area contributed by atoms with E-state index in [1.807, 2.05) is 47.4 Å². The molecule has 2 aliphatic rings. The van der Waals surface area contributed by atoms with Gasteiger partial charge in [-0.1, -0.05) is 36.4 Å². The molecule has 3 atom stereocenters. The average molecular weight is 599 g/mol. The number of pyridine rings is 1. The standard InChI is InChI=1S/C30H30N8O4S/c1-43(41,42)27-26(19-11-21-8-9-22(12-19)37(21)30(40)25-13-20(16-39)35-36-25)34-29-23(15-33-38(29)28(27)31)18-7-10-24(32-14-18)17-5-3-2-4-6-17/h2-7,10,13-15,19,21-22,39H,8-9,11-12,16,31H2,1H3,(H,35,36)/t19-,21-,22+. The number of hydrogen-bond acceptors (Lipinski definition) is 9. The number of carbonyl (C=O) groups excluding carboxylic acids is 1. The molecule has 220 valence electrons. The Bertz CT molecular complexity index is 1940. The quantitative estimate of drug-likeness (QED) is 0.265. The van der Waals surface area contributed by atoms with Crippen molar-refractivity contribution in [3.05, 3.63) is 78.0 Å². The Morgan fingerprint density at radius 3 is 2.44 bits per heavy atom. The highest BCUT2D eigenvalue weighted by Crippen LogP contribution is 2.45. The number of H-pyrrole nitrogens is 1. The van der Waals surface area contributed by atoms with Crippen molar-refractivity contribution in [2.45, 2.75) is 55.2 Å². The van der Waals surface area contributed by atoms with Crippen LogP contribution < -0.4 is 5.73 Å². The number of piperidine rings is 1. The molecule has 2 fully saturated rings. The van der Waals surface area contributed by atoms with Gasteiger partial charge in [-0.25, -0.2) is 13.4 Å². The molecule has 2 bridgehead atoms. The fraction of sp³-hybridized carbons (Fsp3) is 0.300. The summed E-state index contributed by atoms with van der Waals surface area (Å²) in [5, 5.41) is 20.5. The fourth-order valence-electron chi connectivity index (χ4n) is 6.64. The Morgan fingerprint density at radius 2 is 1.81 bits per heavy atom. The van der Waals surface area contributed by atoms with Crippen molar-refractivity contribution in [1.82, 2.24) is 34.7 Å². The molecule has 2 saturated heterocycles. The lowest BCUT2D eigenvalue weighted by Gasteiger charge is -2.39. The topological polar surface area (TPSA) is 172 Å². The monoisotopic (exact) mass is 598 g/mol. The van der Waals surface area contributed by atoms with Gasteiger partial charge in [0.25, 0.3) is 5.91 Å². The van der Waals surface area contributed by atoms with Crippen LogP contribution in [0.3, 0.4) is 0 Å². The molecule has 43 heavy (non-hydrogen) atoms. The van der Waals surface area contributed by atoms with Crippen molar-refractivity contribution in [3.8, 4) is 22.4 Å². The van der Waals surface area contributed by atoms with Crippen molar-refractivity contribution in [1.29, 1.82) is 0 Å². The Kier molecular flexibility index (Phi) is 6.51. The highest BCUT2D eigenvalue weighted by molar-refractivity contribution is 7.91. The zero-order valence-electron chi connectivity index (χ0n) is 23.4. The van der Waals surface area contributed by atoms with Crippen molar-refractivity contribution < 1.29 is 18.3 Å². The van der Waals surface area contributed by atoms with E-state index in [1.165, 1.54) is 4.52 Å². The number of aliphatic hydroxyl groups excluding tert-OH is 1. The lowest BCUT2D eigenvalue weighted by Crippen LogP contribution is -2.46. The number of aromatic amines is 1. The Balaban J connectivity index is 1.26. The molecule has 12 nitrogen and oxygen atoms in total. The number of fused-ring (bicyclic) bond motifs is 3. The number of nitrogen functional groups attached to an aromatic ring is 1. The molecule has 0 spiro atoms. The summed E-state index contributed by atoms with van der Waals surface area (Å²) in [6, 6.07) is 15.1. The number of aliphatic hydroxyl groups is 1. The number of aromatic nitrogens is 6. The fourth-order valence-corrected chi connectivity index (χ4v) is 7.69. The van der Waals surface area contributed by atoms with Crippen LogP contribution in [0.2, 0.25) is 0 Å². The molecular formula is C30H30N8O4S. The minimum Gasteiger partial charge on any atom is -0.390 e. The number of anilines is 1. The van der Waals surface area contributed by atoms with E-state index in [2.05, 4.69) is 20.3 Å². The second kappa shape index (κ2) is 10.3. The largest absolute Gasteiger partial charge is 0.390 e. The molecular weight excluding hydrogens is 568 g/mol. The van der Waals surface area contributed by atoms with Gasteiger partial charge in [0.05, 0.1) is 29.9 Å². The summed E-state index contributed by atoms with van der Waals surface area (Å²) < 4.78 is 27.6.